The van der Waals surface area contributed by atoms with E-state index in [2.05, 4.69) is 10.3 Å². The molecule has 88 valence electrons. The van der Waals surface area contributed by atoms with Gasteiger partial charge in [0.1, 0.15) is 0 Å². The Morgan fingerprint density at radius 3 is 2.88 bits per heavy atom. The van der Waals surface area contributed by atoms with Gasteiger partial charge in [-0.15, -0.1) is 11.6 Å². The van der Waals surface area contributed by atoms with Crippen molar-refractivity contribution in [1.82, 2.24) is 10.3 Å². The summed E-state index contributed by atoms with van der Waals surface area (Å²) in [4.78, 5) is 15.3. The molecular formula is C11H14ClFN2O. The largest absolute Gasteiger partial charge is 0.347 e. The van der Waals surface area contributed by atoms with Crippen molar-refractivity contribution >= 4 is 17.5 Å². The number of halogens is 2. The highest BCUT2D eigenvalue weighted by Crippen LogP contribution is 2.12. The Labute approximate surface area is 99.0 Å². The molecule has 0 radical (unpaired) electrons. The molecule has 0 fully saturated rings. The average molecular weight is 245 g/mol. The fourth-order valence-corrected chi connectivity index (χ4v) is 1.71. The molecule has 0 atom stereocenters. The van der Waals surface area contributed by atoms with E-state index >= 15 is 0 Å². The van der Waals surface area contributed by atoms with E-state index in [-0.39, 0.29) is 5.56 Å². The lowest BCUT2D eigenvalue weighted by molar-refractivity contribution is 0.0907. The van der Waals surface area contributed by atoms with Crippen LogP contribution >= 0.6 is 11.6 Å². The average Bonchev–Trinajstić information content (AvgIpc) is 2.17. The number of carbonyl (C=O) groups is 1. The van der Waals surface area contributed by atoms with Crippen LogP contribution in [-0.2, 0) is 0 Å². The Balaban J connectivity index is 2.77. The van der Waals surface area contributed by atoms with Gasteiger partial charge in [-0.25, -0.2) is 4.39 Å². The molecule has 1 rings (SSSR count). The van der Waals surface area contributed by atoms with E-state index in [0.717, 1.165) is 6.20 Å². The van der Waals surface area contributed by atoms with Crippen molar-refractivity contribution in [3.05, 3.63) is 29.8 Å². The maximum absolute atomic E-state index is 13.3. The van der Waals surface area contributed by atoms with Gasteiger partial charge in [-0.3, -0.25) is 9.78 Å². The summed E-state index contributed by atoms with van der Waals surface area (Å²) in [5, 5.41) is 2.72. The van der Waals surface area contributed by atoms with Gasteiger partial charge >= 0.3 is 0 Å². The van der Waals surface area contributed by atoms with Crippen LogP contribution in [0.25, 0.3) is 0 Å². The minimum absolute atomic E-state index is 0.00218. The minimum Gasteiger partial charge on any atom is -0.347 e. The Hall–Kier alpha value is -1.16. The van der Waals surface area contributed by atoms with E-state index in [1.165, 1.54) is 12.3 Å². The van der Waals surface area contributed by atoms with E-state index in [9.17, 15) is 9.18 Å². The molecule has 1 N–H and O–H groups in total. The van der Waals surface area contributed by atoms with E-state index in [1.807, 2.05) is 13.8 Å². The molecular weight excluding hydrogens is 231 g/mol. The number of amides is 1. The van der Waals surface area contributed by atoms with Crippen LogP contribution in [0.4, 0.5) is 4.39 Å². The van der Waals surface area contributed by atoms with Crippen molar-refractivity contribution in [3.8, 4) is 0 Å². The normalized spacial score (nSPS) is 11.2. The first-order valence-corrected chi connectivity index (χ1v) is 5.48. The Morgan fingerprint density at radius 1 is 1.62 bits per heavy atom. The molecule has 0 bridgehead atoms. The lowest BCUT2D eigenvalue weighted by Crippen LogP contribution is -2.44. The zero-order valence-electron chi connectivity index (χ0n) is 9.26. The maximum atomic E-state index is 13.3. The smallest absolute Gasteiger partial charge is 0.254 e. The quantitative estimate of drug-likeness (QED) is 0.827. The van der Waals surface area contributed by atoms with Gasteiger partial charge < -0.3 is 5.32 Å². The van der Waals surface area contributed by atoms with Crippen LogP contribution in [0.5, 0.6) is 0 Å². The maximum Gasteiger partial charge on any atom is 0.254 e. The van der Waals surface area contributed by atoms with Gasteiger partial charge in [-0.1, -0.05) is 0 Å². The highest BCUT2D eigenvalue weighted by molar-refractivity contribution is 6.17. The summed E-state index contributed by atoms with van der Waals surface area (Å²) in [5.74, 6) is -0.636. The fraction of sp³-hybridized carbons (Fsp3) is 0.455. The van der Waals surface area contributed by atoms with Crippen molar-refractivity contribution in [1.29, 1.82) is 0 Å². The van der Waals surface area contributed by atoms with Gasteiger partial charge in [0.15, 0.2) is 5.82 Å². The molecule has 0 aliphatic rings. The molecule has 0 saturated heterocycles. The zero-order chi connectivity index (χ0) is 12.2. The van der Waals surface area contributed by atoms with Crippen LogP contribution in [0, 0.1) is 5.82 Å². The molecule has 0 aliphatic heterocycles. The molecule has 1 amide bonds. The number of aromatic nitrogens is 1. The fourth-order valence-electron chi connectivity index (χ4n) is 1.23. The zero-order valence-corrected chi connectivity index (χ0v) is 10.0. The second kappa shape index (κ2) is 5.25. The lowest BCUT2D eigenvalue weighted by Gasteiger charge is -2.25. The van der Waals surface area contributed by atoms with Crippen LogP contribution in [0.15, 0.2) is 18.5 Å². The van der Waals surface area contributed by atoms with Gasteiger partial charge in [-0.2, -0.15) is 0 Å². The van der Waals surface area contributed by atoms with Crippen LogP contribution in [0.3, 0.4) is 0 Å². The van der Waals surface area contributed by atoms with Crippen LogP contribution in [-0.4, -0.2) is 22.3 Å². The second-order valence-electron chi connectivity index (χ2n) is 4.13. The standard InChI is InChI=1S/C11H14ClFN2O/c1-11(2,4-5-12)15-10(16)8-3-6-14-7-9(8)13/h3,6-7H,4-5H2,1-2H3,(H,15,16). The minimum atomic E-state index is -0.623. The number of alkyl halides is 1. The highest BCUT2D eigenvalue weighted by Gasteiger charge is 2.21. The molecule has 0 spiro atoms. The number of nitrogens with zero attached hydrogens (tertiary/aromatic N) is 1. The van der Waals surface area contributed by atoms with Gasteiger partial charge in [0, 0.05) is 17.6 Å². The van der Waals surface area contributed by atoms with Crippen molar-refractivity contribution in [2.24, 2.45) is 0 Å². The summed E-state index contributed by atoms with van der Waals surface area (Å²) in [6.07, 6.45) is 3.02. The molecule has 0 aromatic carbocycles. The number of hydrogen-bond donors (Lipinski definition) is 1. The predicted molar refractivity (Wildman–Crippen MR) is 61.1 cm³/mol. The first-order valence-electron chi connectivity index (χ1n) is 4.94. The molecule has 16 heavy (non-hydrogen) atoms. The third-order valence-electron chi connectivity index (χ3n) is 2.19. The summed E-state index contributed by atoms with van der Waals surface area (Å²) >= 11 is 5.61. The molecule has 3 nitrogen and oxygen atoms in total. The topological polar surface area (TPSA) is 42.0 Å². The van der Waals surface area contributed by atoms with Crippen molar-refractivity contribution in [2.75, 3.05) is 5.88 Å². The number of hydrogen-bond acceptors (Lipinski definition) is 2. The first-order chi connectivity index (χ1) is 7.46. The first kappa shape index (κ1) is 12.9. The summed E-state index contributed by atoms with van der Waals surface area (Å²) in [6.45, 7) is 3.68. The molecule has 0 aliphatic carbocycles. The van der Waals surface area contributed by atoms with Gasteiger partial charge in [0.25, 0.3) is 5.91 Å². The van der Waals surface area contributed by atoms with Crippen molar-refractivity contribution in [3.63, 3.8) is 0 Å². The van der Waals surface area contributed by atoms with Gasteiger partial charge in [0.2, 0.25) is 0 Å². The monoisotopic (exact) mass is 244 g/mol. The number of nitrogens with one attached hydrogen (secondary N) is 1. The second-order valence-corrected chi connectivity index (χ2v) is 4.51. The lowest BCUT2D eigenvalue weighted by atomic mass is 10.0. The Morgan fingerprint density at radius 2 is 2.31 bits per heavy atom. The molecule has 1 aromatic heterocycles. The van der Waals surface area contributed by atoms with E-state index in [1.54, 1.807) is 0 Å². The molecule has 1 heterocycles. The van der Waals surface area contributed by atoms with E-state index in [0.29, 0.717) is 12.3 Å². The molecule has 1 aromatic rings. The SMILES string of the molecule is CC(C)(CCCl)NC(=O)c1ccncc1F. The van der Waals surface area contributed by atoms with Gasteiger partial charge in [-0.05, 0) is 26.3 Å². The Bertz CT molecular complexity index is 382. The third-order valence-corrected chi connectivity index (χ3v) is 2.38. The number of carbonyl (C=O) groups excluding carboxylic acids is 1. The Kier molecular flexibility index (Phi) is 4.24. The molecule has 0 saturated carbocycles. The van der Waals surface area contributed by atoms with Crippen LogP contribution in [0.1, 0.15) is 30.6 Å². The summed E-state index contributed by atoms with van der Waals surface area (Å²) < 4.78 is 13.3. The van der Waals surface area contributed by atoms with E-state index in [4.69, 9.17) is 11.6 Å². The van der Waals surface area contributed by atoms with E-state index < -0.39 is 17.3 Å². The number of pyridine rings is 1. The molecule has 0 unspecified atom stereocenters. The predicted octanol–water partition coefficient (Wildman–Crippen LogP) is 2.36. The third kappa shape index (κ3) is 3.45. The number of rotatable bonds is 4. The van der Waals surface area contributed by atoms with Crippen molar-refractivity contribution in [2.45, 2.75) is 25.8 Å². The van der Waals surface area contributed by atoms with Crippen LogP contribution < -0.4 is 5.32 Å². The summed E-state index contributed by atoms with van der Waals surface area (Å²) in [6, 6.07) is 1.35. The van der Waals surface area contributed by atoms with Crippen LogP contribution in [0.2, 0.25) is 0 Å². The summed E-state index contributed by atoms with van der Waals surface area (Å²) in [7, 11) is 0. The highest BCUT2D eigenvalue weighted by atomic mass is 35.5. The summed E-state index contributed by atoms with van der Waals surface area (Å²) in [5.41, 5.74) is -0.452. The van der Waals surface area contributed by atoms with Gasteiger partial charge in [0.05, 0.1) is 11.8 Å². The molecule has 5 heteroatoms. The van der Waals surface area contributed by atoms with Crippen molar-refractivity contribution < 1.29 is 9.18 Å².